The predicted octanol–water partition coefficient (Wildman–Crippen LogP) is 2.65. The van der Waals surface area contributed by atoms with Gasteiger partial charge in [-0.05, 0) is 35.4 Å². The Morgan fingerprint density at radius 3 is 2.85 bits per heavy atom. The van der Waals surface area contributed by atoms with Crippen LogP contribution in [0.2, 0.25) is 0 Å². The molecule has 4 rings (SSSR count). The van der Waals surface area contributed by atoms with Crippen molar-refractivity contribution in [3.63, 3.8) is 0 Å². The number of nitrogens with zero attached hydrogens (tertiary/aromatic N) is 3. The van der Waals surface area contributed by atoms with Gasteiger partial charge in [-0.2, -0.15) is 5.10 Å². The number of aliphatic hydroxyl groups is 1. The second kappa shape index (κ2) is 6.57. The molecule has 0 spiro atoms. The molecule has 6 heteroatoms. The number of benzene rings is 2. The van der Waals surface area contributed by atoms with Crippen molar-refractivity contribution < 1.29 is 9.90 Å². The summed E-state index contributed by atoms with van der Waals surface area (Å²) in [7, 11) is 0. The third-order valence-electron chi connectivity index (χ3n) is 4.41. The minimum Gasteiger partial charge on any atom is -0.387 e. The average molecular weight is 346 g/mol. The molecule has 0 saturated heterocycles. The number of hydrogen-bond donors (Lipinski definition) is 2. The summed E-state index contributed by atoms with van der Waals surface area (Å²) in [4.78, 5) is 16.8. The van der Waals surface area contributed by atoms with Crippen molar-refractivity contribution in [2.45, 2.75) is 13.0 Å². The second-order valence-corrected chi connectivity index (χ2v) is 6.18. The number of amides is 1. The summed E-state index contributed by atoms with van der Waals surface area (Å²) >= 11 is 0. The van der Waals surface area contributed by atoms with Crippen LogP contribution in [0.25, 0.3) is 16.4 Å². The van der Waals surface area contributed by atoms with E-state index in [0.29, 0.717) is 16.9 Å². The fourth-order valence-corrected chi connectivity index (χ4v) is 3.07. The minimum absolute atomic E-state index is 0.112. The van der Waals surface area contributed by atoms with Gasteiger partial charge in [-0.25, -0.2) is 9.50 Å². The molecule has 0 aliphatic heterocycles. The smallest absolute Gasteiger partial charge is 0.257 e. The average Bonchev–Trinajstić information content (AvgIpc) is 3.01. The van der Waals surface area contributed by atoms with Crippen LogP contribution < -0.4 is 5.32 Å². The highest BCUT2D eigenvalue weighted by Gasteiger charge is 2.19. The van der Waals surface area contributed by atoms with E-state index >= 15 is 0 Å². The fourth-order valence-electron chi connectivity index (χ4n) is 3.07. The van der Waals surface area contributed by atoms with Crippen molar-refractivity contribution in [1.29, 1.82) is 0 Å². The van der Waals surface area contributed by atoms with E-state index in [1.165, 1.54) is 0 Å². The molecule has 4 aromatic rings. The normalized spacial score (nSPS) is 12.4. The number of nitrogens with one attached hydrogen (secondary N) is 1. The lowest BCUT2D eigenvalue weighted by Gasteiger charge is -2.13. The Morgan fingerprint density at radius 1 is 1.19 bits per heavy atom. The summed E-state index contributed by atoms with van der Waals surface area (Å²) < 4.78 is 1.57. The standard InChI is InChI=1S/C20H18N4O2/c1-13-18(19-21-9-4-10-24(19)23-13)20(26)22-12-17(25)16-8-7-14-5-2-3-6-15(14)11-16/h2-11,17,25H,12H2,1H3,(H,22,26). The third kappa shape index (κ3) is 2.91. The number of carbonyl (C=O) groups excluding carboxylic acids is 1. The van der Waals surface area contributed by atoms with Gasteiger partial charge < -0.3 is 10.4 Å². The van der Waals surface area contributed by atoms with Gasteiger partial charge in [-0.1, -0.05) is 36.4 Å². The van der Waals surface area contributed by atoms with Gasteiger partial charge >= 0.3 is 0 Å². The molecule has 2 N–H and O–H groups in total. The molecular formula is C20H18N4O2. The lowest BCUT2D eigenvalue weighted by atomic mass is 10.0. The molecule has 130 valence electrons. The molecule has 2 aromatic heterocycles. The third-order valence-corrected chi connectivity index (χ3v) is 4.41. The number of hydrogen-bond acceptors (Lipinski definition) is 4. The van der Waals surface area contributed by atoms with Crippen molar-refractivity contribution in [3.05, 3.63) is 77.7 Å². The SMILES string of the molecule is Cc1nn2cccnc2c1C(=O)NCC(O)c1ccc2ccccc2c1. The molecule has 1 unspecified atom stereocenters. The maximum absolute atomic E-state index is 12.6. The van der Waals surface area contributed by atoms with Crippen molar-refractivity contribution in [3.8, 4) is 0 Å². The molecule has 2 aromatic carbocycles. The molecule has 0 aliphatic carbocycles. The number of aromatic nitrogens is 3. The van der Waals surface area contributed by atoms with E-state index in [1.54, 1.807) is 29.9 Å². The van der Waals surface area contributed by atoms with Crippen molar-refractivity contribution in [2.75, 3.05) is 6.54 Å². The zero-order chi connectivity index (χ0) is 18.1. The second-order valence-electron chi connectivity index (χ2n) is 6.18. The van der Waals surface area contributed by atoms with E-state index in [0.717, 1.165) is 16.3 Å². The van der Waals surface area contributed by atoms with Gasteiger partial charge in [0, 0.05) is 18.9 Å². The molecule has 2 heterocycles. The van der Waals surface area contributed by atoms with E-state index in [9.17, 15) is 9.90 Å². The Balaban J connectivity index is 1.52. The summed E-state index contributed by atoms with van der Waals surface area (Å²) in [6.07, 6.45) is 2.58. The van der Waals surface area contributed by atoms with Gasteiger partial charge in [0.2, 0.25) is 0 Å². The van der Waals surface area contributed by atoms with Crippen LogP contribution in [0.4, 0.5) is 0 Å². The Kier molecular flexibility index (Phi) is 4.10. The summed E-state index contributed by atoms with van der Waals surface area (Å²) in [6.45, 7) is 1.88. The number of fused-ring (bicyclic) bond motifs is 2. The first kappa shape index (κ1) is 16.2. The summed E-state index contributed by atoms with van der Waals surface area (Å²) in [6, 6.07) is 15.5. The molecule has 0 aliphatic rings. The number of aryl methyl sites for hydroxylation is 1. The first-order valence-electron chi connectivity index (χ1n) is 8.38. The highest BCUT2D eigenvalue weighted by atomic mass is 16.3. The van der Waals surface area contributed by atoms with Crippen LogP contribution in [0.3, 0.4) is 0 Å². The largest absolute Gasteiger partial charge is 0.387 e. The zero-order valence-electron chi connectivity index (χ0n) is 14.3. The van der Waals surface area contributed by atoms with E-state index in [2.05, 4.69) is 15.4 Å². The van der Waals surface area contributed by atoms with Gasteiger partial charge in [0.25, 0.3) is 5.91 Å². The van der Waals surface area contributed by atoms with E-state index in [-0.39, 0.29) is 12.5 Å². The van der Waals surface area contributed by atoms with Crippen LogP contribution in [0.15, 0.2) is 60.9 Å². The number of aliphatic hydroxyl groups excluding tert-OH is 1. The molecule has 26 heavy (non-hydrogen) atoms. The molecule has 0 radical (unpaired) electrons. The number of carbonyl (C=O) groups is 1. The van der Waals surface area contributed by atoms with Crippen LogP contribution in [-0.2, 0) is 0 Å². The number of rotatable bonds is 4. The molecule has 1 amide bonds. The summed E-state index contributed by atoms with van der Waals surface area (Å²) in [5.41, 5.74) is 2.29. The van der Waals surface area contributed by atoms with Gasteiger partial charge in [0.05, 0.1) is 11.8 Å². The van der Waals surface area contributed by atoms with E-state index in [1.807, 2.05) is 42.5 Å². The molecule has 1 atom stereocenters. The first-order valence-corrected chi connectivity index (χ1v) is 8.38. The van der Waals surface area contributed by atoms with Gasteiger partial charge in [0.15, 0.2) is 5.65 Å². The van der Waals surface area contributed by atoms with Gasteiger partial charge in [-0.3, -0.25) is 4.79 Å². The first-order chi connectivity index (χ1) is 12.6. The van der Waals surface area contributed by atoms with Crippen LogP contribution >= 0.6 is 0 Å². The lowest BCUT2D eigenvalue weighted by molar-refractivity contribution is 0.0917. The quantitative estimate of drug-likeness (QED) is 0.595. The Morgan fingerprint density at radius 2 is 2.00 bits per heavy atom. The molecule has 0 saturated carbocycles. The van der Waals surface area contributed by atoms with Crippen LogP contribution in [0, 0.1) is 6.92 Å². The van der Waals surface area contributed by atoms with Crippen LogP contribution in [0.1, 0.15) is 27.7 Å². The maximum Gasteiger partial charge on any atom is 0.257 e. The fraction of sp³-hybridized carbons (Fsp3) is 0.150. The zero-order valence-corrected chi connectivity index (χ0v) is 14.3. The summed E-state index contributed by atoms with van der Waals surface area (Å²) in [5, 5.41) is 19.7. The molecule has 6 nitrogen and oxygen atoms in total. The maximum atomic E-state index is 12.6. The lowest BCUT2D eigenvalue weighted by Crippen LogP contribution is -2.28. The Hall–Kier alpha value is -3.25. The van der Waals surface area contributed by atoms with Crippen molar-refractivity contribution >= 4 is 22.3 Å². The molecule has 0 fully saturated rings. The predicted molar refractivity (Wildman–Crippen MR) is 99.0 cm³/mol. The highest BCUT2D eigenvalue weighted by molar-refractivity contribution is 6.01. The minimum atomic E-state index is -0.793. The molecule has 0 bridgehead atoms. The van der Waals surface area contributed by atoms with Gasteiger partial charge in [-0.15, -0.1) is 0 Å². The van der Waals surface area contributed by atoms with E-state index in [4.69, 9.17) is 0 Å². The van der Waals surface area contributed by atoms with Crippen molar-refractivity contribution in [2.24, 2.45) is 0 Å². The Labute approximate surface area is 150 Å². The Bertz CT molecular complexity index is 1100. The summed E-state index contributed by atoms with van der Waals surface area (Å²) in [5.74, 6) is -0.295. The topological polar surface area (TPSA) is 79.5 Å². The highest BCUT2D eigenvalue weighted by Crippen LogP contribution is 2.20. The van der Waals surface area contributed by atoms with Crippen molar-refractivity contribution in [1.82, 2.24) is 19.9 Å². The monoisotopic (exact) mass is 346 g/mol. The molecular weight excluding hydrogens is 328 g/mol. The van der Waals surface area contributed by atoms with E-state index < -0.39 is 6.10 Å². The van der Waals surface area contributed by atoms with Gasteiger partial charge in [0.1, 0.15) is 5.56 Å². The van der Waals surface area contributed by atoms with Crippen LogP contribution in [-0.4, -0.2) is 32.2 Å². The van der Waals surface area contributed by atoms with Crippen LogP contribution in [0.5, 0.6) is 0 Å².